The number of aromatic nitrogens is 2. The second-order valence-electron chi connectivity index (χ2n) is 8.81. The van der Waals surface area contributed by atoms with Crippen molar-refractivity contribution >= 4 is 40.4 Å². The standard InChI is InChI=1S/C27H25FN4O3S/c1-30(2)27(34)31-15-24(26(33)19-14-32(36-17-19)21-4-3-11-29-13-21)23-10-9-22(12-25(23)31)35-16-18-5-7-20(28)8-6-18/h3-13,15,19H,14,16-17H2,1-2H3. The maximum absolute atomic E-state index is 13.6. The maximum Gasteiger partial charge on any atom is 0.328 e. The molecular weight excluding hydrogens is 479 g/mol. The second kappa shape index (κ2) is 10.0. The van der Waals surface area contributed by atoms with Crippen LogP contribution in [-0.4, -0.2) is 52.7 Å². The van der Waals surface area contributed by atoms with Gasteiger partial charge >= 0.3 is 6.03 Å². The molecule has 0 spiro atoms. The van der Waals surface area contributed by atoms with Gasteiger partial charge in [0.2, 0.25) is 0 Å². The van der Waals surface area contributed by atoms with Crippen molar-refractivity contribution in [2.45, 2.75) is 6.61 Å². The zero-order valence-corrected chi connectivity index (χ0v) is 20.7. The minimum absolute atomic E-state index is 0.00387. The Morgan fingerprint density at radius 3 is 2.69 bits per heavy atom. The van der Waals surface area contributed by atoms with Gasteiger partial charge in [-0.3, -0.25) is 14.3 Å². The number of ketones is 1. The van der Waals surface area contributed by atoms with Crippen LogP contribution in [0.2, 0.25) is 0 Å². The number of rotatable bonds is 6. The van der Waals surface area contributed by atoms with Gasteiger partial charge in [0.1, 0.15) is 18.2 Å². The number of hydrogen-bond donors (Lipinski definition) is 0. The summed E-state index contributed by atoms with van der Waals surface area (Å²) in [6, 6.07) is 15.1. The Hall–Kier alpha value is -3.85. The number of carbonyl (C=O) groups excluding carboxylic acids is 2. The van der Waals surface area contributed by atoms with Crippen LogP contribution in [-0.2, 0) is 6.61 Å². The normalized spacial score (nSPS) is 15.3. The highest BCUT2D eigenvalue weighted by Gasteiger charge is 2.32. The molecule has 0 saturated carbocycles. The molecule has 0 radical (unpaired) electrons. The van der Waals surface area contributed by atoms with Crippen LogP contribution in [0.1, 0.15) is 15.9 Å². The second-order valence-corrected chi connectivity index (χ2v) is 9.85. The number of nitrogens with zero attached hydrogens (tertiary/aromatic N) is 4. The Bertz CT molecular complexity index is 1410. The molecule has 5 rings (SSSR count). The fraction of sp³-hybridized carbons (Fsp3) is 0.222. The zero-order valence-electron chi connectivity index (χ0n) is 19.9. The molecule has 36 heavy (non-hydrogen) atoms. The lowest BCUT2D eigenvalue weighted by Crippen LogP contribution is -2.26. The van der Waals surface area contributed by atoms with E-state index in [-0.39, 0.29) is 30.2 Å². The summed E-state index contributed by atoms with van der Waals surface area (Å²) in [6.07, 6.45) is 5.15. The molecule has 1 aliphatic rings. The number of Topliss-reactive ketones (excluding diaryl/α,β-unsaturated/α-hetero) is 1. The summed E-state index contributed by atoms with van der Waals surface area (Å²) in [7, 11) is 3.34. The van der Waals surface area contributed by atoms with Gasteiger partial charge in [-0.25, -0.2) is 9.18 Å². The molecule has 1 saturated heterocycles. The predicted octanol–water partition coefficient (Wildman–Crippen LogP) is 5.25. The molecular formula is C27H25FN4O3S. The van der Waals surface area contributed by atoms with E-state index in [0.717, 1.165) is 11.3 Å². The van der Waals surface area contributed by atoms with E-state index in [1.54, 1.807) is 68.9 Å². The van der Waals surface area contributed by atoms with Crippen LogP contribution in [0.15, 0.2) is 73.2 Å². The van der Waals surface area contributed by atoms with E-state index in [1.165, 1.54) is 21.6 Å². The first-order valence-corrected chi connectivity index (χ1v) is 12.4. The van der Waals surface area contributed by atoms with E-state index >= 15 is 0 Å². The molecule has 1 fully saturated rings. The number of fused-ring (bicyclic) bond motifs is 1. The van der Waals surface area contributed by atoms with Gasteiger partial charge in [0, 0.05) is 55.8 Å². The van der Waals surface area contributed by atoms with Crippen LogP contribution < -0.4 is 9.04 Å². The molecule has 2 aromatic heterocycles. The fourth-order valence-electron chi connectivity index (χ4n) is 4.16. The molecule has 2 aromatic carbocycles. The number of amides is 1. The highest BCUT2D eigenvalue weighted by molar-refractivity contribution is 8.00. The van der Waals surface area contributed by atoms with Gasteiger partial charge in [-0.2, -0.15) is 0 Å². The van der Waals surface area contributed by atoms with E-state index in [1.807, 2.05) is 18.2 Å². The van der Waals surface area contributed by atoms with Crippen molar-refractivity contribution in [2.75, 3.05) is 30.7 Å². The van der Waals surface area contributed by atoms with E-state index < -0.39 is 0 Å². The molecule has 7 nitrogen and oxygen atoms in total. The zero-order chi connectivity index (χ0) is 25.2. The lowest BCUT2D eigenvalue weighted by atomic mass is 9.98. The molecule has 1 atom stereocenters. The van der Waals surface area contributed by atoms with E-state index in [9.17, 15) is 14.0 Å². The number of ether oxygens (including phenoxy) is 1. The third kappa shape index (κ3) is 4.79. The average molecular weight is 505 g/mol. The number of halogens is 1. The Kier molecular flexibility index (Phi) is 6.65. The van der Waals surface area contributed by atoms with E-state index in [4.69, 9.17) is 4.74 Å². The van der Waals surface area contributed by atoms with Crippen LogP contribution in [0.5, 0.6) is 5.75 Å². The van der Waals surface area contributed by atoms with Gasteiger partial charge in [0.15, 0.2) is 5.78 Å². The smallest absolute Gasteiger partial charge is 0.328 e. The predicted molar refractivity (Wildman–Crippen MR) is 139 cm³/mol. The van der Waals surface area contributed by atoms with Gasteiger partial charge in [-0.15, -0.1) is 0 Å². The van der Waals surface area contributed by atoms with Gasteiger partial charge in [0.25, 0.3) is 0 Å². The summed E-state index contributed by atoms with van der Waals surface area (Å²) in [5.74, 6) is 0.695. The van der Waals surface area contributed by atoms with Crippen molar-refractivity contribution in [3.63, 3.8) is 0 Å². The quantitative estimate of drug-likeness (QED) is 0.264. The Morgan fingerprint density at radius 1 is 1.17 bits per heavy atom. The highest BCUT2D eigenvalue weighted by atomic mass is 32.2. The number of pyridine rings is 1. The number of benzene rings is 2. The molecule has 0 N–H and O–H groups in total. The highest BCUT2D eigenvalue weighted by Crippen LogP contribution is 2.35. The first-order valence-electron chi connectivity index (χ1n) is 11.5. The maximum atomic E-state index is 13.6. The van der Waals surface area contributed by atoms with Crippen LogP contribution in [0.3, 0.4) is 0 Å². The van der Waals surface area contributed by atoms with Crippen LogP contribution >= 0.6 is 11.9 Å². The Balaban J connectivity index is 1.42. The van der Waals surface area contributed by atoms with Crippen molar-refractivity contribution in [1.29, 1.82) is 0 Å². The fourth-order valence-corrected chi connectivity index (χ4v) is 5.32. The molecule has 4 aromatic rings. The van der Waals surface area contributed by atoms with Crippen molar-refractivity contribution in [1.82, 2.24) is 14.5 Å². The lowest BCUT2D eigenvalue weighted by molar-refractivity contribution is 0.0942. The lowest BCUT2D eigenvalue weighted by Gasteiger charge is -2.15. The van der Waals surface area contributed by atoms with Crippen LogP contribution in [0.4, 0.5) is 14.9 Å². The summed E-state index contributed by atoms with van der Waals surface area (Å²) >= 11 is 1.60. The molecule has 1 aliphatic heterocycles. The van der Waals surface area contributed by atoms with Crippen molar-refractivity contribution in [3.05, 3.63) is 90.1 Å². The largest absolute Gasteiger partial charge is 0.489 e. The minimum Gasteiger partial charge on any atom is -0.489 e. The molecule has 1 unspecified atom stereocenters. The summed E-state index contributed by atoms with van der Waals surface area (Å²) in [4.78, 5) is 32.2. The molecule has 0 aliphatic carbocycles. The van der Waals surface area contributed by atoms with Crippen LogP contribution in [0.25, 0.3) is 10.9 Å². The number of carbonyl (C=O) groups is 2. The van der Waals surface area contributed by atoms with Crippen molar-refractivity contribution < 1.29 is 18.7 Å². The van der Waals surface area contributed by atoms with Gasteiger partial charge < -0.3 is 13.9 Å². The summed E-state index contributed by atoms with van der Waals surface area (Å²) < 4.78 is 22.7. The molecule has 1 amide bonds. The van der Waals surface area contributed by atoms with E-state index in [0.29, 0.717) is 34.5 Å². The molecule has 184 valence electrons. The Morgan fingerprint density at radius 2 is 1.97 bits per heavy atom. The third-order valence-electron chi connectivity index (χ3n) is 6.07. The molecule has 0 bridgehead atoms. The van der Waals surface area contributed by atoms with Crippen molar-refractivity contribution in [2.24, 2.45) is 5.92 Å². The topological polar surface area (TPSA) is 67.7 Å². The monoisotopic (exact) mass is 504 g/mol. The summed E-state index contributed by atoms with van der Waals surface area (Å²) in [5, 5.41) is 0.703. The third-order valence-corrected chi connectivity index (χ3v) is 7.30. The number of hydrogen-bond acceptors (Lipinski definition) is 6. The first kappa shape index (κ1) is 23.9. The SMILES string of the molecule is CN(C)C(=O)n1cc(C(=O)C2CSN(c3cccnc3)C2)c2ccc(OCc3ccc(F)cc3)cc21. The molecule has 3 heterocycles. The average Bonchev–Trinajstić information content (AvgIpc) is 3.53. The molecule has 9 heteroatoms. The Labute approximate surface area is 212 Å². The van der Waals surface area contributed by atoms with Crippen molar-refractivity contribution in [3.8, 4) is 5.75 Å². The summed E-state index contributed by atoms with van der Waals surface area (Å²) in [6.45, 7) is 0.825. The van der Waals surface area contributed by atoms with E-state index in [2.05, 4.69) is 9.29 Å². The summed E-state index contributed by atoms with van der Waals surface area (Å²) in [5.41, 5.74) is 2.90. The number of anilines is 1. The van der Waals surface area contributed by atoms with Gasteiger partial charge in [-0.05, 0) is 53.9 Å². The van der Waals surface area contributed by atoms with Gasteiger partial charge in [-0.1, -0.05) is 12.1 Å². The van der Waals surface area contributed by atoms with Gasteiger partial charge in [0.05, 0.1) is 23.3 Å². The first-order chi connectivity index (χ1) is 17.4. The van der Waals surface area contributed by atoms with Crippen LogP contribution in [0, 0.1) is 11.7 Å². The minimum atomic E-state index is -0.304.